The first-order chi connectivity index (χ1) is 7.46. The van der Waals surface area contributed by atoms with E-state index >= 15 is 0 Å². The normalized spacial score (nSPS) is 29.2. The number of aryl methyl sites for hydroxylation is 1. The molecule has 1 saturated carbocycles. The molecule has 0 aromatic carbocycles. The number of hydrogen-bond acceptors (Lipinski definition) is 3. The van der Waals surface area contributed by atoms with E-state index in [9.17, 15) is 0 Å². The minimum absolute atomic E-state index is 0.332. The molecule has 1 aromatic rings. The average molecular weight is 239 g/mol. The third-order valence-corrected chi connectivity index (χ3v) is 4.66. The Bertz CT molecular complexity index is 359. The van der Waals surface area contributed by atoms with Gasteiger partial charge in [-0.15, -0.1) is 11.8 Å². The first-order valence-electron chi connectivity index (χ1n) is 5.87. The molecule has 0 spiro atoms. The molecule has 0 saturated heterocycles. The Labute approximate surface area is 102 Å². The Morgan fingerprint density at radius 3 is 2.94 bits per heavy atom. The van der Waals surface area contributed by atoms with Crippen LogP contribution >= 0.6 is 11.8 Å². The largest absolute Gasteiger partial charge is 0.327 e. The van der Waals surface area contributed by atoms with Crippen LogP contribution in [0.3, 0.4) is 0 Å². The molecule has 2 unspecified atom stereocenters. The van der Waals surface area contributed by atoms with E-state index in [4.69, 9.17) is 5.73 Å². The van der Waals surface area contributed by atoms with Gasteiger partial charge in [0.05, 0.1) is 6.20 Å². The summed E-state index contributed by atoms with van der Waals surface area (Å²) in [5.74, 6) is 0. The van der Waals surface area contributed by atoms with E-state index in [0.29, 0.717) is 16.7 Å². The van der Waals surface area contributed by atoms with E-state index in [2.05, 4.69) is 25.1 Å². The molecule has 3 nitrogen and oxygen atoms in total. The topological polar surface area (TPSA) is 43.8 Å². The third-order valence-electron chi connectivity index (χ3n) is 3.35. The van der Waals surface area contributed by atoms with Crippen LogP contribution in [0.2, 0.25) is 0 Å². The summed E-state index contributed by atoms with van der Waals surface area (Å²) in [4.78, 5) is 1.24. The lowest BCUT2D eigenvalue weighted by molar-refractivity contribution is 0.232. The van der Waals surface area contributed by atoms with Crippen LogP contribution < -0.4 is 5.73 Å². The van der Waals surface area contributed by atoms with Crippen molar-refractivity contribution < 1.29 is 0 Å². The summed E-state index contributed by atoms with van der Waals surface area (Å²) in [6, 6.07) is 0.332. The Morgan fingerprint density at radius 2 is 2.31 bits per heavy atom. The van der Waals surface area contributed by atoms with E-state index in [1.807, 2.05) is 29.7 Å². The molecule has 16 heavy (non-hydrogen) atoms. The van der Waals surface area contributed by atoms with Crippen LogP contribution in [0, 0.1) is 5.41 Å². The van der Waals surface area contributed by atoms with Gasteiger partial charge in [-0.3, -0.25) is 4.68 Å². The molecule has 2 N–H and O–H groups in total. The van der Waals surface area contributed by atoms with Gasteiger partial charge in [-0.25, -0.2) is 0 Å². The van der Waals surface area contributed by atoms with Gasteiger partial charge >= 0.3 is 0 Å². The maximum Gasteiger partial charge on any atom is 0.0625 e. The smallest absolute Gasteiger partial charge is 0.0625 e. The number of thioether (sulfide) groups is 1. The highest BCUT2D eigenvalue weighted by Crippen LogP contribution is 2.41. The summed E-state index contributed by atoms with van der Waals surface area (Å²) in [5, 5.41) is 4.73. The zero-order valence-corrected chi connectivity index (χ0v) is 11.1. The van der Waals surface area contributed by atoms with Gasteiger partial charge in [-0.1, -0.05) is 13.8 Å². The van der Waals surface area contributed by atoms with Crippen LogP contribution in [0.1, 0.15) is 33.1 Å². The number of nitrogens with zero attached hydrogens (tertiary/aromatic N) is 2. The molecule has 0 aliphatic heterocycles. The molecule has 0 bridgehead atoms. The lowest BCUT2D eigenvalue weighted by Gasteiger charge is -2.38. The number of nitrogens with two attached hydrogens (primary N) is 1. The summed E-state index contributed by atoms with van der Waals surface area (Å²) in [5.41, 5.74) is 6.65. The molecule has 0 amide bonds. The van der Waals surface area contributed by atoms with Crippen molar-refractivity contribution in [2.75, 3.05) is 0 Å². The fourth-order valence-electron chi connectivity index (χ4n) is 2.30. The molecule has 1 aliphatic rings. The summed E-state index contributed by atoms with van der Waals surface area (Å²) < 4.78 is 1.85. The molecular weight excluding hydrogens is 218 g/mol. The lowest BCUT2D eigenvalue weighted by atomic mass is 9.75. The first kappa shape index (κ1) is 12.0. The van der Waals surface area contributed by atoms with Gasteiger partial charge in [-0.2, -0.15) is 5.10 Å². The highest BCUT2D eigenvalue weighted by Gasteiger charge is 2.33. The third kappa shape index (κ3) is 2.80. The van der Waals surface area contributed by atoms with Gasteiger partial charge in [0.15, 0.2) is 0 Å². The zero-order valence-electron chi connectivity index (χ0n) is 10.3. The monoisotopic (exact) mass is 239 g/mol. The number of rotatable bonds is 2. The van der Waals surface area contributed by atoms with Crippen molar-refractivity contribution in [3.8, 4) is 0 Å². The van der Waals surface area contributed by atoms with Gasteiger partial charge in [0, 0.05) is 29.4 Å². The van der Waals surface area contributed by atoms with E-state index < -0.39 is 0 Å². The van der Waals surface area contributed by atoms with Crippen molar-refractivity contribution in [1.29, 1.82) is 0 Å². The summed E-state index contributed by atoms with van der Waals surface area (Å²) >= 11 is 1.89. The second-order valence-electron chi connectivity index (χ2n) is 5.58. The van der Waals surface area contributed by atoms with Crippen molar-refractivity contribution >= 4 is 11.8 Å². The van der Waals surface area contributed by atoms with Crippen molar-refractivity contribution in [3.63, 3.8) is 0 Å². The SMILES string of the molecule is Cn1cc(SC2CC(C)(C)CCC2N)cn1. The molecular formula is C12H21N3S. The van der Waals surface area contributed by atoms with Crippen molar-refractivity contribution in [1.82, 2.24) is 9.78 Å². The van der Waals surface area contributed by atoms with E-state index in [0.717, 1.165) is 6.42 Å². The molecule has 2 rings (SSSR count). The number of aromatic nitrogens is 2. The van der Waals surface area contributed by atoms with Crippen LogP contribution in [-0.4, -0.2) is 21.1 Å². The van der Waals surface area contributed by atoms with Gasteiger partial charge in [0.1, 0.15) is 0 Å². The maximum atomic E-state index is 6.21. The van der Waals surface area contributed by atoms with Crippen LogP contribution in [0.5, 0.6) is 0 Å². The maximum absolute atomic E-state index is 6.21. The Kier molecular flexibility index (Phi) is 3.31. The summed E-state index contributed by atoms with van der Waals surface area (Å²) in [7, 11) is 1.95. The first-order valence-corrected chi connectivity index (χ1v) is 6.75. The highest BCUT2D eigenvalue weighted by atomic mass is 32.2. The van der Waals surface area contributed by atoms with Gasteiger partial charge in [-0.05, 0) is 24.7 Å². The van der Waals surface area contributed by atoms with Crippen LogP contribution in [0.15, 0.2) is 17.3 Å². The van der Waals surface area contributed by atoms with E-state index in [-0.39, 0.29) is 0 Å². The molecule has 90 valence electrons. The predicted molar refractivity (Wildman–Crippen MR) is 68.5 cm³/mol. The minimum Gasteiger partial charge on any atom is -0.327 e. The molecule has 1 heterocycles. The molecule has 1 aliphatic carbocycles. The fourth-order valence-corrected chi connectivity index (χ4v) is 3.82. The highest BCUT2D eigenvalue weighted by molar-refractivity contribution is 8.00. The van der Waals surface area contributed by atoms with Gasteiger partial charge in [0.25, 0.3) is 0 Å². The molecule has 1 aromatic heterocycles. The van der Waals surface area contributed by atoms with Crippen LogP contribution in [0.25, 0.3) is 0 Å². The number of hydrogen-bond donors (Lipinski definition) is 1. The van der Waals surface area contributed by atoms with Crippen molar-refractivity contribution in [2.45, 2.75) is 49.3 Å². The van der Waals surface area contributed by atoms with E-state index in [1.54, 1.807) is 0 Å². The molecule has 4 heteroatoms. The zero-order chi connectivity index (χ0) is 11.8. The van der Waals surface area contributed by atoms with Gasteiger partial charge < -0.3 is 5.73 Å². The Hall–Kier alpha value is -0.480. The van der Waals surface area contributed by atoms with Crippen molar-refractivity contribution in [2.24, 2.45) is 18.2 Å². The summed E-state index contributed by atoms with van der Waals surface area (Å²) in [6.07, 6.45) is 7.59. The standard InChI is InChI=1S/C12H21N3S/c1-12(2)5-4-10(13)11(6-12)16-9-7-14-15(3)8-9/h7-8,10-11H,4-6,13H2,1-3H3. The average Bonchev–Trinajstić information content (AvgIpc) is 2.58. The second kappa shape index (κ2) is 4.41. The van der Waals surface area contributed by atoms with Crippen molar-refractivity contribution in [3.05, 3.63) is 12.4 Å². The minimum atomic E-state index is 0.332. The second-order valence-corrected chi connectivity index (χ2v) is 6.89. The fraction of sp³-hybridized carbons (Fsp3) is 0.750. The van der Waals surface area contributed by atoms with Gasteiger partial charge in [0.2, 0.25) is 0 Å². The lowest BCUT2D eigenvalue weighted by Crippen LogP contribution is -2.41. The molecule has 1 fully saturated rings. The Balaban J connectivity index is 2.02. The Morgan fingerprint density at radius 1 is 1.56 bits per heavy atom. The molecule has 2 atom stereocenters. The summed E-state index contributed by atoms with van der Waals surface area (Å²) in [6.45, 7) is 4.69. The quantitative estimate of drug-likeness (QED) is 0.862. The molecule has 0 radical (unpaired) electrons. The van der Waals surface area contributed by atoms with Crippen LogP contribution in [0.4, 0.5) is 0 Å². The van der Waals surface area contributed by atoms with Crippen LogP contribution in [-0.2, 0) is 7.05 Å². The predicted octanol–water partition coefficient (Wildman–Crippen LogP) is 2.42. The van der Waals surface area contributed by atoms with E-state index in [1.165, 1.54) is 17.7 Å².